The molecule has 1 saturated heterocycles. The lowest BCUT2D eigenvalue weighted by Gasteiger charge is -2.30. The van der Waals surface area contributed by atoms with Crippen molar-refractivity contribution >= 4 is 23.2 Å². The van der Waals surface area contributed by atoms with E-state index in [2.05, 4.69) is 22.4 Å². The number of carbonyl (C=O) groups is 2. The van der Waals surface area contributed by atoms with Gasteiger partial charge in [-0.15, -0.1) is 0 Å². The molecule has 0 unspecified atom stereocenters. The van der Waals surface area contributed by atoms with Crippen LogP contribution in [0.5, 0.6) is 0 Å². The summed E-state index contributed by atoms with van der Waals surface area (Å²) in [6.07, 6.45) is 10.3. The van der Waals surface area contributed by atoms with E-state index in [0.717, 1.165) is 50.1 Å². The van der Waals surface area contributed by atoms with Crippen molar-refractivity contribution in [2.75, 3.05) is 23.3 Å². The number of amides is 2. The van der Waals surface area contributed by atoms with E-state index in [9.17, 15) is 9.59 Å². The van der Waals surface area contributed by atoms with Crippen molar-refractivity contribution in [3.63, 3.8) is 0 Å². The first-order valence-electron chi connectivity index (χ1n) is 8.79. The molecule has 3 rings (SSSR count). The summed E-state index contributed by atoms with van der Waals surface area (Å²) in [5.74, 6) is -0.0658. The zero-order valence-electron chi connectivity index (χ0n) is 14.0. The van der Waals surface area contributed by atoms with Crippen LogP contribution in [0.2, 0.25) is 0 Å². The number of nitrogens with one attached hydrogen (secondary N) is 1. The molecule has 128 valence electrons. The highest BCUT2D eigenvalue weighted by molar-refractivity contribution is 6.00. The minimum absolute atomic E-state index is 0.0166. The Morgan fingerprint density at radius 2 is 2.00 bits per heavy atom. The van der Waals surface area contributed by atoms with E-state index in [1.165, 1.54) is 6.42 Å². The molecule has 0 bridgehead atoms. The van der Waals surface area contributed by atoms with Gasteiger partial charge in [0.25, 0.3) is 5.91 Å². The van der Waals surface area contributed by atoms with Crippen LogP contribution in [-0.2, 0) is 4.79 Å². The molecular formula is C19H25N3O2. The highest BCUT2D eigenvalue weighted by atomic mass is 16.2. The maximum atomic E-state index is 12.2. The molecule has 1 aliphatic heterocycles. The third-order valence-corrected chi connectivity index (χ3v) is 4.80. The second kappa shape index (κ2) is 7.51. The van der Waals surface area contributed by atoms with Crippen molar-refractivity contribution in [1.82, 2.24) is 0 Å². The lowest BCUT2D eigenvalue weighted by atomic mass is 10.0. The van der Waals surface area contributed by atoms with Crippen LogP contribution in [0, 0.1) is 5.92 Å². The van der Waals surface area contributed by atoms with Gasteiger partial charge in [0.15, 0.2) is 0 Å². The molecule has 1 aromatic rings. The zero-order chi connectivity index (χ0) is 16.9. The average molecular weight is 327 g/mol. The maximum Gasteiger partial charge on any atom is 0.250 e. The van der Waals surface area contributed by atoms with Gasteiger partial charge in [0.2, 0.25) is 5.91 Å². The molecule has 1 fully saturated rings. The fourth-order valence-corrected chi connectivity index (χ4v) is 3.53. The molecule has 0 aromatic heterocycles. The molecule has 1 aromatic carbocycles. The number of anilines is 2. The minimum atomic E-state index is -0.426. The number of carbonyl (C=O) groups excluding carboxylic acids is 2. The summed E-state index contributed by atoms with van der Waals surface area (Å²) in [6.45, 7) is 1.84. The second-order valence-electron chi connectivity index (χ2n) is 6.66. The van der Waals surface area contributed by atoms with Crippen LogP contribution in [0.3, 0.4) is 0 Å². The molecule has 3 N–H and O–H groups in total. The molecule has 1 heterocycles. The first-order chi connectivity index (χ1) is 11.6. The fraction of sp³-hybridized carbons (Fsp3) is 0.474. The lowest BCUT2D eigenvalue weighted by Crippen LogP contribution is -2.31. The van der Waals surface area contributed by atoms with Gasteiger partial charge in [-0.1, -0.05) is 12.2 Å². The van der Waals surface area contributed by atoms with Crippen LogP contribution < -0.4 is 16.0 Å². The molecule has 24 heavy (non-hydrogen) atoms. The van der Waals surface area contributed by atoms with Gasteiger partial charge in [-0.3, -0.25) is 9.59 Å². The number of nitrogens with zero attached hydrogens (tertiary/aromatic N) is 1. The lowest BCUT2D eigenvalue weighted by molar-refractivity contribution is -0.116. The molecule has 0 saturated carbocycles. The number of allylic oxidation sites excluding steroid dienone is 2. The Morgan fingerprint density at radius 1 is 1.21 bits per heavy atom. The van der Waals surface area contributed by atoms with E-state index >= 15 is 0 Å². The third-order valence-electron chi connectivity index (χ3n) is 4.80. The Labute approximate surface area is 142 Å². The zero-order valence-corrected chi connectivity index (χ0v) is 14.0. The summed E-state index contributed by atoms with van der Waals surface area (Å²) in [5.41, 5.74) is 7.61. The summed E-state index contributed by atoms with van der Waals surface area (Å²) in [6, 6.07) is 5.36. The van der Waals surface area contributed by atoms with Crippen LogP contribution in [0.15, 0.2) is 30.4 Å². The van der Waals surface area contributed by atoms with Gasteiger partial charge in [0.1, 0.15) is 0 Å². The van der Waals surface area contributed by atoms with Crippen molar-refractivity contribution in [2.45, 2.75) is 38.5 Å². The largest absolute Gasteiger partial charge is 0.371 e. The first-order valence-corrected chi connectivity index (χ1v) is 8.79. The van der Waals surface area contributed by atoms with Crippen molar-refractivity contribution < 1.29 is 9.59 Å². The highest BCUT2D eigenvalue weighted by Crippen LogP contribution is 2.28. The van der Waals surface area contributed by atoms with Gasteiger partial charge in [-0.05, 0) is 56.2 Å². The summed E-state index contributed by atoms with van der Waals surface area (Å²) in [4.78, 5) is 26.1. The predicted octanol–water partition coefficient (Wildman–Crippen LogP) is 3.07. The normalized spacial score (nSPS) is 20.2. The molecule has 1 aliphatic carbocycles. The Hall–Kier alpha value is -2.30. The van der Waals surface area contributed by atoms with Crippen molar-refractivity contribution in [3.05, 3.63) is 35.9 Å². The number of hydrogen-bond donors (Lipinski definition) is 2. The molecular weight excluding hydrogens is 302 g/mol. The highest BCUT2D eigenvalue weighted by Gasteiger charge is 2.19. The van der Waals surface area contributed by atoms with Gasteiger partial charge < -0.3 is 16.0 Å². The molecule has 2 amide bonds. The van der Waals surface area contributed by atoms with Crippen LogP contribution in [-0.4, -0.2) is 24.9 Å². The van der Waals surface area contributed by atoms with E-state index in [4.69, 9.17) is 5.73 Å². The number of benzene rings is 1. The molecule has 2 aliphatic rings. The van der Waals surface area contributed by atoms with Gasteiger partial charge >= 0.3 is 0 Å². The minimum Gasteiger partial charge on any atom is -0.371 e. The number of nitrogens with two attached hydrogens (primary N) is 1. The smallest absolute Gasteiger partial charge is 0.250 e. The van der Waals surface area contributed by atoms with Crippen molar-refractivity contribution in [1.29, 1.82) is 0 Å². The Morgan fingerprint density at radius 3 is 2.67 bits per heavy atom. The number of hydrogen-bond acceptors (Lipinski definition) is 3. The summed E-state index contributed by atoms with van der Waals surface area (Å²) < 4.78 is 0. The van der Waals surface area contributed by atoms with E-state index in [1.54, 1.807) is 12.1 Å². The SMILES string of the molecule is NC(=O)c1ccc(NC(=O)C[C@@H]2C=CCC2)cc1N1CCCCC1. The van der Waals surface area contributed by atoms with E-state index in [0.29, 0.717) is 17.9 Å². The summed E-state index contributed by atoms with van der Waals surface area (Å²) in [7, 11) is 0. The van der Waals surface area contributed by atoms with Gasteiger partial charge in [0, 0.05) is 25.2 Å². The third kappa shape index (κ3) is 3.96. The number of rotatable bonds is 5. The quantitative estimate of drug-likeness (QED) is 0.816. The molecule has 1 atom stereocenters. The standard InChI is InChI=1S/C19H25N3O2/c20-19(24)16-9-8-15(13-17(16)22-10-4-1-5-11-22)21-18(23)12-14-6-2-3-7-14/h2,6,8-9,13-14H,1,3-5,7,10-12H2,(H2,20,24)(H,21,23)/t14-/m1/s1. The maximum absolute atomic E-state index is 12.2. The number of primary amides is 1. The monoisotopic (exact) mass is 327 g/mol. The van der Waals surface area contributed by atoms with Gasteiger partial charge in [0.05, 0.1) is 11.3 Å². The first kappa shape index (κ1) is 16.6. The van der Waals surface area contributed by atoms with Crippen molar-refractivity contribution in [2.24, 2.45) is 11.7 Å². The van der Waals surface area contributed by atoms with Crippen LogP contribution in [0.1, 0.15) is 48.9 Å². The van der Waals surface area contributed by atoms with Crippen LogP contribution in [0.25, 0.3) is 0 Å². The average Bonchev–Trinajstić information content (AvgIpc) is 3.08. The molecule has 5 heteroatoms. The van der Waals surface area contributed by atoms with Crippen LogP contribution >= 0.6 is 0 Å². The fourth-order valence-electron chi connectivity index (χ4n) is 3.53. The van der Waals surface area contributed by atoms with E-state index in [1.807, 2.05) is 6.07 Å². The summed E-state index contributed by atoms with van der Waals surface area (Å²) >= 11 is 0. The molecule has 0 radical (unpaired) electrons. The Kier molecular flexibility index (Phi) is 5.18. The van der Waals surface area contributed by atoms with Crippen molar-refractivity contribution in [3.8, 4) is 0 Å². The Balaban J connectivity index is 1.74. The molecule has 0 spiro atoms. The summed E-state index contributed by atoms with van der Waals surface area (Å²) in [5, 5.41) is 2.96. The second-order valence-corrected chi connectivity index (χ2v) is 6.66. The van der Waals surface area contributed by atoms with Crippen LogP contribution in [0.4, 0.5) is 11.4 Å². The van der Waals surface area contributed by atoms with Gasteiger partial charge in [-0.2, -0.15) is 0 Å². The van der Waals surface area contributed by atoms with E-state index < -0.39 is 5.91 Å². The topological polar surface area (TPSA) is 75.4 Å². The molecule has 5 nitrogen and oxygen atoms in total. The van der Waals surface area contributed by atoms with Gasteiger partial charge in [-0.25, -0.2) is 0 Å². The predicted molar refractivity (Wildman–Crippen MR) is 96.1 cm³/mol. The Bertz CT molecular complexity index is 648. The number of piperidine rings is 1. The van der Waals surface area contributed by atoms with E-state index in [-0.39, 0.29) is 5.91 Å².